The van der Waals surface area contributed by atoms with Crippen molar-refractivity contribution in [1.29, 1.82) is 0 Å². The molecule has 0 bridgehead atoms. The van der Waals surface area contributed by atoms with Crippen LogP contribution in [0.1, 0.15) is 4.88 Å². The summed E-state index contributed by atoms with van der Waals surface area (Å²) in [7, 11) is 3.53. The maximum atomic E-state index is 4.91. The van der Waals surface area contributed by atoms with Crippen LogP contribution in [-0.4, -0.2) is 18.5 Å². The van der Waals surface area contributed by atoms with Gasteiger partial charge in [-0.15, -0.1) is 0 Å². The van der Waals surface area contributed by atoms with E-state index in [4.69, 9.17) is 4.74 Å². The summed E-state index contributed by atoms with van der Waals surface area (Å²) in [6.07, 6.45) is 0. The van der Waals surface area contributed by atoms with Gasteiger partial charge in [0.05, 0.1) is 7.11 Å². The maximum Gasteiger partial charge on any atom is 0.225 e. The van der Waals surface area contributed by atoms with Gasteiger partial charge in [-0.3, -0.25) is 0 Å². The minimum absolute atomic E-state index is 0.704. The number of rotatable bonds is 3. The molecule has 0 aliphatic carbocycles. The van der Waals surface area contributed by atoms with Gasteiger partial charge < -0.3 is 10.1 Å². The molecule has 1 rings (SSSR count). The molecular weight excluding hydrogens is 148 g/mol. The van der Waals surface area contributed by atoms with Gasteiger partial charge in [0.2, 0.25) is 5.88 Å². The van der Waals surface area contributed by atoms with E-state index in [-0.39, 0.29) is 0 Å². The van der Waals surface area contributed by atoms with Gasteiger partial charge in [0.25, 0.3) is 0 Å². The Hall–Kier alpha value is -0.610. The van der Waals surface area contributed by atoms with Crippen molar-refractivity contribution in [3.63, 3.8) is 0 Å². The van der Waals surface area contributed by atoms with Gasteiger partial charge in [0.1, 0.15) is 0 Å². The molecule has 0 spiro atoms. The molecule has 0 amide bonds. The van der Waals surface area contributed by atoms with Crippen molar-refractivity contribution in [2.24, 2.45) is 0 Å². The van der Waals surface area contributed by atoms with Crippen LogP contribution in [0, 0.1) is 0 Å². The standard InChI is InChI=1S/C6H10N2OS/c1-7-4-5-3-6(9-2)8-10-5/h3,7H,4H2,1-2H3. The van der Waals surface area contributed by atoms with Crippen molar-refractivity contribution in [2.75, 3.05) is 14.2 Å². The van der Waals surface area contributed by atoms with Crippen molar-refractivity contribution >= 4 is 11.5 Å². The first-order valence-corrected chi connectivity index (χ1v) is 3.78. The quantitative estimate of drug-likeness (QED) is 0.708. The second-order valence-corrected chi connectivity index (χ2v) is 2.76. The number of aromatic nitrogens is 1. The second-order valence-electron chi connectivity index (χ2n) is 1.87. The minimum atomic E-state index is 0.704. The predicted octanol–water partition coefficient (Wildman–Crippen LogP) is 0.871. The smallest absolute Gasteiger partial charge is 0.225 e. The molecular formula is C6H10N2OS. The number of methoxy groups -OCH3 is 1. The number of hydrogen-bond donors (Lipinski definition) is 1. The molecule has 0 aliphatic heterocycles. The van der Waals surface area contributed by atoms with E-state index in [9.17, 15) is 0 Å². The van der Waals surface area contributed by atoms with E-state index in [1.165, 1.54) is 16.4 Å². The highest BCUT2D eigenvalue weighted by atomic mass is 32.1. The molecule has 0 radical (unpaired) electrons. The van der Waals surface area contributed by atoms with Crippen LogP contribution in [0.25, 0.3) is 0 Å². The average Bonchev–Trinajstić information content (AvgIpc) is 2.37. The average molecular weight is 158 g/mol. The third-order valence-corrected chi connectivity index (χ3v) is 1.87. The molecule has 1 aromatic heterocycles. The van der Waals surface area contributed by atoms with E-state index in [1.807, 2.05) is 13.1 Å². The highest BCUT2D eigenvalue weighted by Gasteiger charge is 1.98. The molecule has 1 N–H and O–H groups in total. The Morgan fingerprint density at radius 1 is 1.80 bits per heavy atom. The van der Waals surface area contributed by atoms with E-state index >= 15 is 0 Å². The van der Waals surface area contributed by atoms with Gasteiger partial charge in [0.15, 0.2) is 0 Å². The van der Waals surface area contributed by atoms with Crippen LogP contribution in [0.2, 0.25) is 0 Å². The van der Waals surface area contributed by atoms with Gasteiger partial charge >= 0.3 is 0 Å². The summed E-state index contributed by atoms with van der Waals surface area (Å²) in [5.41, 5.74) is 0. The zero-order chi connectivity index (χ0) is 7.40. The molecule has 0 saturated carbocycles. The van der Waals surface area contributed by atoms with E-state index in [2.05, 4.69) is 9.69 Å². The number of ether oxygens (including phenoxy) is 1. The first-order valence-electron chi connectivity index (χ1n) is 3.01. The molecule has 3 nitrogen and oxygen atoms in total. The molecule has 0 saturated heterocycles. The topological polar surface area (TPSA) is 34.1 Å². The van der Waals surface area contributed by atoms with Crippen LogP contribution in [0.3, 0.4) is 0 Å². The zero-order valence-electron chi connectivity index (χ0n) is 6.05. The van der Waals surface area contributed by atoms with Crippen molar-refractivity contribution in [2.45, 2.75) is 6.54 Å². The van der Waals surface area contributed by atoms with Crippen LogP contribution < -0.4 is 10.1 Å². The zero-order valence-corrected chi connectivity index (χ0v) is 6.86. The Kier molecular flexibility index (Phi) is 2.65. The fraction of sp³-hybridized carbons (Fsp3) is 0.500. The second kappa shape index (κ2) is 3.53. The minimum Gasteiger partial charge on any atom is -0.480 e. The van der Waals surface area contributed by atoms with Crippen LogP contribution in [0.4, 0.5) is 0 Å². The first-order chi connectivity index (χ1) is 4.86. The lowest BCUT2D eigenvalue weighted by atomic mass is 10.5. The van der Waals surface area contributed by atoms with E-state index in [0.29, 0.717) is 5.88 Å². The van der Waals surface area contributed by atoms with Crippen molar-refractivity contribution in [1.82, 2.24) is 9.69 Å². The molecule has 4 heteroatoms. The maximum absolute atomic E-state index is 4.91. The third-order valence-electron chi connectivity index (χ3n) is 1.10. The summed E-state index contributed by atoms with van der Waals surface area (Å²) in [4.78, 5) is 1.19. The lowest BCUT2D eigenvalue weighted by Gasteiger charge is -1.89. The van der Waals surface area contributed by atoms with Crippen molar-refractivity contribution in [3.8, 4) is 5.88 Å². The summed E-state index contributed by atoms with van der Waals surface area (Å²) < 4.78 is 8.95. The largest absolute Gasteiger partial charge is 0.480 e. The Labute approximate surface area is 64.2 Å². The molecule has 0 atom stereocenters. The van der Waals surface area contributed by atoms with Gasteiger partial charge in [0, 0.05) is 17.5 Å². The molecule has 0 aliphatic rings. The predicted molar refractivity (Wildman–Crippen MR) is 41.4 cm³/mol. The molecule has 1 aromatic rings. The summed E-state index contributed by atoms with van der Waals surface area (Å²) in [5, 5.41) is 3.04. The van der Waals surface area contributed by atoms with Crippen LogP contribution in [0.15, 0.2) is 6.07 Å². The summed E-state index contributed by atoms with van der Waals surface area (Å²) in [6, 6.07) is 1.93. The van der Waals surface area contributed by atoms with Gasteiger partial charge in [-0.1, -0.05) is 0 Å². The highest BCUT2D eigenvalue weighted by molar-refractivity contribution is 7.05. The van der Waals surface area contributed by atoms with Gasteiger partial charge in [-0.25, -0.2) is 0 Å². The molecule has 10 heavy (non-hydrogen) atoms. The van der Waals surface area contributed by atoms with Crippen LogP contribution in [0.5, 0.6) is 5.88 Å². The van der Waals surface area contributed by atoms with E-state index < -0.39 is 0 Å². The SMILES string of the molecule is CNCc1cc(OC)ns1. The van der Waals surface area contributed by atoms with Crippen molar-refractivity contribution < 1.29 is 4.74 Å². The Bertz CT molecular complexity index is 199. The number of nitrogens with zero attached hydrogens (tertiary/aromatic N) is 1. The summed E-state index contributed by atoms with van der Waals surface area (Å²) >= 11 is 1.46. The summed E-state index contributed by atoms with van der Waals surface area (Å²) in [5.74, 6) is 0.704. The lowest BCUT2D eigenvalue weighted by molar-refractivity contribution is 0.402. The van der Waals surface area contributed by atoms with Gasteiger partial charge in [-0.2, -0.15) is 4.37 Å². The normalized spacial score (nSPS) is 9.80. The fourth-order valence-electron chi connectivity index (χ4n) is 0.648. The van der Waals surface area contributed by atoms with E-state index in [0.717, 1.165) is 6.54 Å². The summed E-state index contributed by atoms with van der Waals surface area (Å²) in [6.45, 7) is 0.862. The Balaban J connectivity index is 2.59. The lowest BCUT2D eigenvalue weighted by Crippen LogP contribution is -2.02. The van der Waals surface area contributed by atoms with Gasteiger partial charge in [-0.05, 0) is 18.6 Å². The fourth-order valence-corrected chi connectivity index (χ4v) is 1.34. The Morgan fingerprint density at radius 2 is 2.60 bits per heavy atom. The molecule has 0 unspecified atom stereocenters. The molecule has 56 valence electrons. The first kappa shape index (κ1) is 7.50. The third kappa shape index (κ3) is 1.68. The monoisotopic (exact) mass is 158 g/mol. The Morgan fingerprint density at radius 3 is 3.10 bits per heavy atom. The molecule has 0 aromatic carbocycles. The highest BCUT2D eigenvalue weighted by Crippen LogP contribution is 2.14. The molecule has 1 heterocycles. The van der Waals surface area contributed by atoms with E-state index in [1.54, 1.807) is 7.11 Å². The van der Waals surface area contributed by atoms with Crippen LogP contribution in [-0.2, 0) is 6.54 Å². The number of hydrogen-bond acceptors (Lipinski definition) is 4. The molecule has 0 fully saturated rings. The van der Waals surface area contributed by atoms with Crippen LogP contribution >= 0.6 is 11.5 Å². The van der Waals surface area contributed by atoms with Crippen molar-refractivity contribution in [3.05, 3.63) is 10.9 Å². The number of nitrogens with one attached hydrogen (secondary N) is 1.